The standard InChI is InChI=1S/C13H15ClN2S/c1-13(5-7-15-8-6-13)12-16-10-4-2-3-9(14)11(10)17-12/h2-4,15H,5-8H2,1H3. The van der Waals surface area contributed by atoms with Crippen molar-refractivity contribution in [3.8, 4) is 0 Å². The van der Waals surface area contributed by atoms with Crippen molar-refractivity contribution in [2.45, 2.75) is 25.2 Å². The summed E-state index contributed by atoms with van der Waals surface area (Å²) < 4.78 is 1.13. The fourth-order valence-electron chi connectivity index (χ4n) is 2.37. The van der Waals surface area contributed by atoms with Gasteiger partial charge in [0.2, 0.25) is 0 Å². The molecule has 0 spiro atoms. The molecular weight excluding hydrogens is 252 g/mol. The van der Waals surface area contributed by atoms with E-state index < -0.39 is 0 Å². The molecule has 0 aliphatic carbocycles. The van der Waals surface area contributed by atoms with Gasteiger partial charge >= 0.3 is 0 Å². The van der Waals surface area contributed by atoms with E-state index in [9.17, 15) is 0 Å². The zero-order valence-corrected chi connectivity index (χ0v) is 11.4. The predicted octanol–water partition coefficient (Wildman–Crippen LogP) is 3.59. The van der Waals surface area contributed by atoms with Crippen LogP contribution in [0.5, 0.6) is 0 Å². The van der Waals surface area contributed by atoms with Crippen molar-refractivity contribution >= 4 is 33.2 Å². The van der Waals surface area contributed by atoms with Crippen LogP contribution in [0.15, 0.2) is 18.2 Å². The van der Waals surface area contributed by atoms with E-state index in [-0.39, 0.29) is 5.41 Å². The van der Waals surface area contributed by atoms with Crippen LogP contribution in [0.4, 0.5) is 0 Å². The summed E-state index contributed by atoms with van der Waals surface area (Å²) in [6.07, 6.45) is 2.31. The third-order valence-electron chi connectivity index (χ3n) is 3.59. The first-order valence-corrected chi connectivity index (χ1v) is 7.15. The number of thiazole rings is 1. The molecule has 0 radical (unpaired) electrons. The van der Waals surface area contributed by atoms with Crippen LogP contribution in [0.3, 0.4) is 0 Å². The van der Waals surface area contributed by atoms with Crippen molar-refractivity contribution in [3.05, 3.63) is 28.2 Å². The molecule has 1 aliphatic rings. The van der Waals surface area contributed by atoms with Crippen molar-refractivity contribution in [3.63, 3.8) is 0 Å². The van der Waals surface area contributed by atoms with Gasteiger partial charge in [-0.2, -0.15) is 0 Å². The zero-order chi connectivity index (χ0) is 11.9. The molecule has 0 atom stereocenters. The third-order valence-corrected chi connectivity index (χ3v) is 5.43. The Morgan fingerprint density at radius 1 is 1.35 bits per heavy atom. The molecule has 3 rings (SSSR count). The molecule has 2 heterocycles. The van der Waals surface area contributed by atoms with Gasteiger partial charge < -0.3 is 5.32 Å². The molecule has 1 saturated heterocycles. The minimum atomic E-state index is 0.221. The molecule has 0 amide bonds. The maximum Gasteiger partial charge on any atom is 0.0999 e. The summed E-state index contributed by atoms with van der Waals surface area (Å²) in [7, 11) is 0. The smallest absolute Gasteiger partial charge is 0.0999 e. The molecule has 1 aromatic heterocycles. The van der Waals surface area contributed by atoms with Crippen LogP contribution in [0.2, 0.25) is 5.02 Å². The Morgan fingerprint density at radius 2 is 2.12 bits per heavy atom. The van der Waals surface area contributed by atoms with E-state index in [0.717, 1.165) is 41.2 Å². The first kappa shape index (κ1) is 11.5. The molecular formula is C13H15ClN2S. The molecule has 0 bridgehead atoms. The lowest BCUT2D eigenvalue weighted by atomic mass is 9.82. The normalized spacial score (nSPS) is 19.6. The number of fused-ring (bicyclic) bond motifs is 1. The van der Waals surface area contributed by atoms with Crippen LogP contribution in [0.1, 0.15) is 24.8 Å². The van der Waals surface area contributed by atoms with Gasteiger partial charge in [-0.15, -0.1) is 11.3 Å². The Morgan fingerprint density at radius 3 is 2.82 bits per heavy atom. The second-order valence-electron chi connectivity index (χ2n) is 4.92. The van der Waals surface area contributed by atoms with Crippen LogP contribution in [-0.2, 0) is 5.41 Å². The average molecular weight is 267 g/mol. The molecule has 1 fully saturated rings. The second kappa shape index (κ2) is 4.23. The van der Waals surface area contributed by atoms with E-state index in [4.69, 9.17) is 16.6 Å². The Balaban J connectivity index is 2.08. The molecule has 0 unspecified atom stereocenters. The van der Waals surface area contributed by atoms with Crippen molar-refractivity contribution in [1.29, 1.82) is 0 Å². The topological polar surface area (TPSA) is 24.9 Å². The maximum atomic E-state index is 6.21. The SMILES string of the molecule is CC1(c2nc3cccc(Cl)c3s2)CCNCC1. The van der Waals surface area contributed by atoms with Crippen molar-refractivity contribution in [2.24, 2.45) is 0 Å². The van der Waals surface area contributed by atoms with Gasteiger partial charge in [-0.3, -0.25) is 0 Å². The molecule has 4 heteroatoms. The van der Waals surface area contributed by atoms with Crippen LogP contribution >= 0.6 is 22.9 Å². The van der Waals surface area contributed by atoms with Gasteiger partial charge in [-0.05, 0) is 38.1 Å². The molecule has 1 aromatic carbocycles. The summed E-state index contributed by atoms with van der Waals surface area (Å²) in [5.74, 6) is 0. The summed E-state index contributed by atoms with van der Waals surface area (Å²) in [4.78, 5) is 4.78. The molecule has 1 N–H and O–H groups in total. The van der Waals surface area contributed by atoms with Crippen LogP contribution in [-0.4, -0.2) is 18.1 Å². The van der Waals surface area contributed by atoms with Gasteiger partial charge in [0.25, 0.3) is 0 Å². The number of hydrogen-bond acceptors (Lipinski definition) is 3. The number of hydrogen-bond donors (Lipinski definition) is 1. The third kappa shape index (κ3) is 1.96. The summed E-state index contributed by atoms with van der Waals surface area (Å²) in [5.41, 5.74) is 1.26. The zero-order valence-electron chi connectivity index (χ0n) is 9.79. The quantitative estimate of drug-likeness (QED) is 0.853. The van der Waals surface area contributed by atoms with Crippen LogP contribution < -0.4 is 5.32 Å². The lowest BCUT2D eigenvalue weighted by Crippen LogP contribution is -2.37. The van der Waals surface area contributed by atoms with Gasteiger partial charge in [-0.1, -0.05) is 24.6 Å². The van der Waals surface area contributed by atoms with Crippen molar-refractivity contribution < 1.29 is 0 Å². The van der Waals surface area contributed by atoms with E-state index in [1.165, 1.54) is 5.01 Å². The van der Waals surface area contributed by atoms with E-state index in [2.05, 4.69) is 12.2 Å². The highest BCUT2D eigenvalue weighted by Gasteiger charge is 2.32. The fourth-order valence-corrected chi connectivity index (χ4v) is 3.82. The summed E-state index contributed by atoms with van der Waals surface area (Å²) in [5, 5.41) is 5.47. The number of nitrogens with zero attached hydrogens (tertiary/aromatic N) is 1. The number of aromatic nitrogens is 1. The number of nitrogens with one attached hydrogen (secondary N) is 1. The minimum absolute atomic E-state index is 0.221. The Hall–Kier alpha value is -0.640. The molecule has 90 valence electrons. The van der Waals surface area contributed by atoms with E-state index in [1.807, 2.05) is 18.2 Å². The Kier molecular flexibility index (Phi) is 2.85. The van der Waals surface area contributed by atoms with Crippen molar-refractivity contribution in [2.75, 3.05) is 13.1 Å². The number of rotatable bonds is 1. The highest BCUT2D eigenvalue weighted by Crippen LogP contribution is 2.39. The highest BCUT2D eigenvalue weighted by molar-refractivity contribution is 7.19. The second-order valence-corrected chi connectivity index (χ2v) is 6.32. The molecule has 2 aromatic rings. The largest absolute Gasteiger partial charge is 0.317 e. The van der Waals surface area contributed by atoms with Crippen LogP contribution in [0, 0.1) is 0 Å². The lowest BCUT2D eigenvalue weighted by molar-refractivity contribution is 0.334. The molecule has 0 saturated carbocycles. The first-order valence-electron chi connectivity index (χ1n) is 5.95. The molecule has 1 aliphatic heterocycles. The van der Waals surface area contributed by atoms with Gasteiger partial charge in [-0.25, -0.2) is 4.98 Å². The highest BCUT2D eigenvalue weighted by atomic mass is 35.5. The van der Waals surface area contributed by atoms with Gasteiger partial charge in [0.05, 0.1) is 20.2 Å². The van der Waals surface area contributed by atoms with E-state index in [0.29, 0.717) is 0 Å². The number of benzene rings is 1. The lowest BCUT2D eigenvalue weighted by Gasteiger charge is -2.31. The van der Waals surface area contributed by atoms with E-state index in [1.54, 1.807) is 11.3 Å². The van der Waals surface area contributed by atoms with E-state index >= 15 is 0 Å². The van der Waals surface area contributed by atoms with Crippen molar-refractivity contribution in [1.82, 2.24) is 10.3 Å². The minimum Gasteiger partial charge on any atom is -0.317 e. The molecule has 17 heavy (non-hydrogen) atoms. The summed E-state index contributed by atoms with van der Waals surface area (Å²) >= 11 is 7.97. The number of halogens is 1. The predicted molar refractivity (Wildman–Crippen MR) is 74.1 cm³/mol. The first-order chi connectivity index (χ1) is 8.19. The van der Waals surface area contributed by atoms with Gasteiger partial charge in [0, 0.05) is 5.41 Å². The average Bonchev–Trinajstić information content (AvgIpc) is 2.76. The fraction of sp³-hybridized carbons (Fsp3) is 0.462. The van der Waals surface area contributed by atoms with Gasteiger partial charge in [0.1, 0.15) is 0 Å². The molecule has 2 nitrogen and oxygen atoms in total. The number of piperidine rings is 1. The Bertz CT molecular complexity index is 543. The monoisotopic (exact) mass is 266 g/mol. The maximum absolute atomic E-state index is 6.21. The summed E-state index contributed by atoms with van der Waals surface area (Å²) in [6.45, 7) is 4.49. The summed E-state index contributed by atoms with van der Waals surface area (Å²) in [6, 6.07) is 5.96. The van der Waals surface area contributed by atoms with Gasteiger partial charge in [0.15, 0.2) is 0 Å². The Labute approximate surface area is 110 Å². The van der Waals surface area contributed by atoms with Crippen LogP contribution in [0.25, 0.3) is 10.2 Å².